The predicted molar refractivity (Wildman–Crippen MR) is 75.2 cm³/mol. The maximum Gasteiger partial charge on any atom is 0.212 e. The highest BCUT2D eigenvalue weighted by Crippen LogP contribution is 2.39. The molecule has 0 radical (unpaired) electrons. The average molecular weight is 281 g/mol. The molecular weight excluding hydrogens is 257 g/mol. The number of fused-ring (bicyclic) bond motifs is 1. The molecule has 0 saturated carbocycles. The van der Waals surface area contributed by atoms with Crippen LogP contribution < -0.4 is 0 Å². The van der Waals surface area contributed by atoms with Gasteiger partial charge in [0.15, 0.2) is 5.78 Å². The summed E-state index contributed by atoms with van der Waals surface area (Å²) in [6, 6.07) is 0.000707. The Morgan fingerprint density at radius 1 is 1.25 bits per heavy atom. The van der Waals surface area contributed by atoms with E-state index in [0.29, 0.717) is 17.8 Å². The van der Waals surface area contributed by atoms with E-state index in [1.54, 1.807) is 18.5 Å². The highest BCUT2D eigenvalue weighted by molar-refractivity contribution is 5.89. The first-order chi connectivity index (χ1) is 9.38. The minimum absolute atomic E-state index is 0.000707. The van der Waals surface area contributed by atoms with Gasteiger partial charge in [0.25, 0.3) is 0 Å². The lowest BCUT2D eigenvalue weighted by atomic mass is 9.81. The summed E-state index contributed by atoms with van der Waals surface area (Å²) in [4.78, 5) is 12.5. The molecule has 0 fully saturated rings. The summed E-state index contributed by atoms with van der Waals surface area (Å²) in [5.74, 6) is -0.673. The molecular formula is C15H24FN3O. The van der Waals surface area contributed by atoms with Crippen molar-refractivity contribution in [3.8, 4) is 0 Å². The third-order valence-corrected chi connectivity index (χ3v) is 3.98. The predicted octanol–water partition coefficient (Wildman–Crippen LogP) is 3.37. The van der Waals surface area contributed by atoms with E-state index >= 15 is 4.39 Å². The number of carbonyl (C=O) groups excluding carboxylic acids is 1. The summed E-state index contributed by atoms with van der Waals surface area (Å²) < 4.78 is 17.3. The number of ketones is 1. The fourth-order valence-electron chi connectivity index (χ4n) is 2.92. The summed E-state index contributed by atoms with van der Waals surface area (Å²) in [6.45, 7) is 7.39. The lowest BCUT2D eigenvalue weighted by molar-refractivity contribution is -0.135. The summed E-state index contributed by atoms with van der Waals surface area (Å²) in [6.07, 6.45) is 3.61. The van der Waals surface area contributed by atoms with Crippen molar-refractivity contribution in [2.24, 2.45) is 5.92 Å². The van der Waals surface area contributed by atoms with Crippen LogP contribution in [0.4, 0.5) is 4.39 Å². The van der Waals surface area contributed by atoms with Crippen molar-refractivity contribution in [2.75, 3.05) is 0 Å². The summed E-state index contributed by atoms with van der Waals surface area (Å²) in [5, 5.41) is 8.23. The van der Waals surface area contributed by atoms with E-state index in [0.717, 1.165) is 19.3 Å². The molecule has 1 aliphatic carbocycles. The van der Waals surface area contributed by atoms with Gasteiger partial charge in [0.2, 0.25) is 5.67 Å². The first-order valence-electron chi connectivity index (χ1n) is 7.55. The fraction of sp³-hybridized carbons (Fsp3) is 0.800. The molecule has 0 aromatic carbocycles. The number of carbonyl (C=O) groups is 1. The minimum atomic E-state index is -1.93. The topological polar surface area (TPSA) is 47.8 Å². The quantitative estimate of drug-likeness (QED) is 0.853. The highest BCUT2D eigenvalue weighted by Gasteiger charge is 2.46. The first kappa shape index (κ1) is 15.1. The zero-order valence-corrected chi connectivity index (χ0v) is 12.8. The molecule has 1 heterocycles. The molecule has 1 unspecified atom stereocenters. The number of hydrogen-bond acceptors (Lipinski definition) is 3. The molecule has 112 valence electrons. The van der Waals surface area contributed by atoms with E-state index < -0.39 is 5.67 Å². The molecule has 20 heavy (non-hydrogen) atoms. The Balaban J connectivity index is 2.58. The molecule has 1 aromatic heterocycles. The largest absolute Gasteiger partial charge is 0.295 e. The van der Waals surface area contributed by atoms with Gasteiger partial charge in [-0.2, -0.15) is 0 Å². The zero-order valence-electron chi connectivity index (χ0n) is 12.8. The Morgan fingerprint density at radius 2 is 1.95 bits per heavy atom. The maximum absolute atomic E-state index is 15.7. The maximum atomic E-state index is 15.7. The van der Waals surface area contributed by atoms with Crippen molar-refractivity contribution in [3.63, 3.8) is 0 Å². The van der Waals surface area contributed by atoms with Crippen LogP contribution in [-0.2, 0) is 16.9 Å². The van der Waals surface area contributed by atoms with Crippen LogP contribution in [0.1, 0.15) is 70.8 Å². The molecule has 1 atom stereocenters. The Labute approximate surface area is 119 Å². The van der Waals surface area contributed by atoms with Gasteiger partial charge in [-0.1, -0.05) is 25.5 Å². The Kier molecular flexibility index (Phi) is 4.25. The lowest BCUT2D eigenvalue weighted by Crippen LogP contribution is -2.38. The molecule has 5 heteroatoms. The van der Waals surface area contributed by atoms with Gasteiger partial charge in [0.05, 0.1) is 5.69 Å². The normalized spacial score (nSPS) is 23.6. The van der Waals surface area contributed by atoms with Gasteiger partial charge < -0.3 is 0 Å². The SMILES string of the molecule is CC(C)C(=O)C1(F)CCCCCc2nnn(C(C)C)c21. The smallest absolute Gasteiger partial charge is 0.212 e. The Hall–Kier alpha value is -1.26. The van der Waals surface area contributed by atoms with Gasteiger partial charge >= 0.3 is 0 Å². The standard InChI is InChI=1S/C15H24FN3O/c1-10(2)14(20)15(16)9-7-5-6-8-12-13(15)19(11(3)4)18-17-12/h10-11H,5-9H2,1-4H3. The summed E-state index contributed by atoms with van der Waals surface area (Å²) in [7, 11) is 0. The van der Waals surface area contributed by atoms with Gasteiger partial charge in [0, 0.05) is 12.0 Å². The number of alkyl halides is 1. The van der Waals surface area contributed by atoms with Crippen molar-refractivity contribution in [3.05, 3.63) is 11.4 Å². The van der Waals surface area contributed by atoms with Crippen LogP contribution in [0.5, 0.6) is 0 Å². The Bertz CT molecular complexity index is 495. The molecule has 1 aromatic rings. The number of nitrogens with zero attached hydrogens (tertiary/aromatic N) is 3. The molecule has 1 aliphatic rings. The zero-order chi connectivity index (χ0) is 14.9. The first-order valence-corrected chi connectivity index (χ1v) is 7.55. The van der Waals surface area contributed by atoms with E-state index in [-0.39, 0.29) is 24.2 Å². The number of aryl methyl sites for hydroxylation is 1. The van der Waals surface area contributed by atoms with Crippen molar-refractivity contribution in [1.29, 1.82) is 0 Å². The van der Waals surface area contributed by atoms with E-state index in [4.69, 9.17) is 0 Å². The van der Waals surface area contributed by atoms with E-state index in [2.05, 4.69) is 10.3 Å². The molecule has 0 bridgehead atoms. The Morgan fingerprint density at radius 3 is 2.55 bits per heavy atom. The van der Waals surface area contributed by atoms with E-state index in [9.17, 15) is 4.79 Å². The molecule has 0 saturated heterocycles. The van der Waals surface area contributed by atoms with Crippen LogP contribution in [0.3, 0.4) is 0 Å². The van der Waals surface area contributed by atoms with Gasteiger partial charge in [-0.05, 0) is 39.5 Å². The minimum Gasteiger partial charge on any atom is -0.295 e. The molecule has 0 amide bonds. The monoisotopic (exact) mass is 281 g/mol. The van der Waals surface area contributed by atoms with E-state index in [1.165, 1.54) is 0 Å². The second-order valence-corrected chi connectivity index (χ2v) is 6.30. The van der Waals surface area contributed by atoms with Crippen LogP contribution in [0.15, 0.2) is 0 Å². The third-order valence-electron chi connectivity index (χ3n) is 3.98. The second kappa shape index (κ2) is 5.62. The number of halogens is 1. The molecule has 0 spiro atoms. The van der Waals surface area contributed by atoms with Crippen molar-refractivity contribution in [2.45, 2.75) is 71.5 Å². The number of rotatable bonds is 3. The van der Waals surface area contributed by atoms with Crippen molar-refractivity contribution >= 4 is 5.78 Å². The van der Waals surface area contributed by atoms with Crippen molar-refractivity contribution < 1.29 is 9.18 Å². The van der Waals surface area contributed by atoms with Crippen LogP contribution in [0.2, 0.25) is 0 Å². The molecule has 2 rings (SSSR count). The second-order valence-electron chi connectivity index (χ2n) is 6.30. The van der Waals surface area contributed by atoms with Crippen LogP contribution in [-0.4, -0.2) is 20.8 Å². The molecule has 0 aliphatic heterocycles. The number of aromatic nitrogens is 3. The lowest BCUT2D eigenvalue weighted by Gasteiger charge is -2.29. The number of hydrogen-bond donors (Lipinski definition) is 0. The van der Waals surface area contributed by atoms with E-state index in [1.807, 2.05) is 13.8 Å². The molecule has 4 nitrogen and oxygen atoms in total. The third kappa shape index (κ3) is 2.50. The van der Waals surface area contributed by atoms with Gasteiger partial charge in [0.1, 0.15) is 5.69 Å². The summed E-state index contributed by atoms with van der Waals surface area (Å²) >= 11 is 0. The van der Waals surface area contributed by atoms with Crippen molar-refractivity contribution in [1.82, 2.24) is 15.0 Å². The average Bonchev–Trinajstić information content (AvgIpc) is 2.79. The highest BCUT2D eigenvalue weighted by atomic mass is 19.1. The molecule has 0 N–H and O–H groups in total. The summed E-state index contributed by atoms with van der Waals surface area (Å²) in [5.41, 5.74) is -0.863. The van der Waals surface area contributed by atoms with Crippen LogP contribution in [0, 0.1) is 5.92 Å². The van der Waals surface area contributed by atoms with Crippen LogP contribution in [0.25, 0.3) is 0 Å². The van der Waals surface area contributed by atoms with Gasteiger partial charge in [-0.15, -0.1) is 5.10 Å². The van der Waals surface area contributed by atoms with Crippen LogP contribution >= 0.6 is 0 Å². The van der Waals surface area contributed by atoms with Gasteiger partial charge in [-0.25, -0.2) is 9.07 Å². The fourth-order valence-corrected chi connectivity index (χ4v) is 2.92. The number of Topliss-reactive ketones (excluding diaryl/α,β-unsaturated/α-hetero) is 1. The van der Waals surface area contributed by atoms with Gasteiger partial charge in [-0.3, -0.25) is 4.79 Å².